The Bertz CT molecular complexity index is 849. The van der Waals surface area contributed by atoms with Gasteiger partial charge in [-0.15, -0.1) is 0 Å². The van der Waals surface area contributed by atoms with Crippen molar-refractivity contribution >= 4 is 36.3 Å². The molecule has 160 valence electrons. The Morgan fingerprint density at radius 1 is 0.963 bits per heavy atom. The quantitative estimate of drug-likeness (QED) is 0.351. The second kappa shape index (κ2) is 8.64. The molecule has 0 aromatic carbocycles. The predicted molar refractivity (Wildman–Crippen MR) is 88.7 cm³/mol. The summed E-state index contributed by atoms with van der Waals surface area (Å²) < 4.78 is 87.9. The first kappa shape index (κ1) is 24.2. The monoisotopic (exact) mass is 455 g/mol. The van der Waals surface area contributed by atoms with Crippen LogP contribution in [-0.2, 0) is 52.4 Å². The number of aliphatic hydroxyl groups excluding tert-OH is 1. The van der Waals surface area contributed by atoms with Gasteiger partial charge in [-0.25, -0.2) is 0 Å². The van der Waals surface area contributed by atoms with Gasteiger partial charge in [0.1, 0.15) is 24.4 Å². The molecule has 1 heterocycles. The summed E-state index contributed by atoms with van der Waals surface area (Å²) in [7, 11) is -12.4. The molecule has 1 rings (SSSR count). The Balaban J connectivity index is 3.34. The molecular weight excluding hydrogens is 434 g/mol. The molecule has 2 N–H and O–H groups in total. The van der Waals surface area contributed by atoms with Crippen molar-refractivity contribution in [3.63, 3.8) is 0 Å². The highest BCUT2D eigenvalue weighted by molar-refractivity contribution is 7.86. The van der Waals surface area contributed by atoms with Gasteiger partial charge in [0.2, 0.25) is 5.91 Å². The standard InChI is InChI=1S/C11H21NO12S3/c1-6(13)12-8-10(24-27(4,19)20)9(23-26(3,17)18)7(22-11(8)14)5-21-25(2,15)16/h7-11,14H,5H2,1-4H3,(H,12,13)/t7-,8+,9-,10-,11+/m0/s1. The Hall–Kier alpha value is -0.880. The molecule has 13 nitrogen and oxygen atoms in total. The molecule has 16 heteroatoms. The Kier molecular flexibility index (Phi) is 7.73. The van der Waals surface area contributed by atoms with Crippen LogP contribution in [0.15, 0.2) is 0 Å². The SMILES string of the molecule is CC(=O)N[C@@H]1[C@H](OS(C)(=O)=O)[C@@H](OS(C)(=O)=O)[C@H](COS(C)(=O)=O)O[C@H]1O. The van der Waals surface area contributed by atoms with E-state index in [1.807, 2.05) is 0 Å². The minimum absolute atomic E-state index is 0.650. The van der Waals surface area contributed by atoms with Crippen LogP contribution in [0, 0.1) is 0 Å². The van der Waals surface area contributed by atoms with E-state index in [9.17, 15) is 35.2 Å². The van der Waals surface area contributed by atoms with Gasteiger partial charge in [0.15, 0.2) is 6.29 Å². The summed E-state index contributed by atoms with van der Waals surface area (Å²) in [5, 5.41) is 12.3. The number of rotatable bonds is 8. The summed E-state index contributed by atoms with van der Waals surface area (Å²) in [6, 6.07) is -1.54. The molecule has 0 aromatic rings. The van der Waals surface area contributed by atoms with Crippen LogP contribution >= 0.6 is 0 Å². The second-order valence-corrected chi connectivity index (χ2v) is 10.7. The number of carbonyl (C=O) groups is 1. The average Bonchev–Trinajstić information content (AvgIpc) is 2.40. The molecule has 1 saturated heterocycles. The van der Waals surface area contributed by atoms with Crippen LogP contribution in [0.5, 0.6) is 0 Å². The van der Waals surface area contributed by atoms with Crippen molar-refractivity contribution in [3.8, 4) is 0 Å². The smallest absolute Gasteiger partial charge is 0.264 e. The summed E-state index contributed by atoms with van der Waals surface area (Å²) in [6.07, 6.45) is -4.97. The van der Waals surface area contributed by atoms with Gasteiger partial charge in [-0.05, 0) is 0 Å². The number of nitrogens with one attached hydrogen (secondary N) is 1. The van der Waals surface area contributed by atoms with E-state index in [2.05, 4.69) is 9.50 Å². The number of carbonyl (C=O) groups excluding carboxylic acids is 1. The third-order valence-electron chi connectivity index (χ3n) is 3.05. The molecule has 1 aliphatic heterocycles. The molecule has 5 atom stereocenters. The highest BCUT2D eigenvalue weighted by Crippen LogP contribution is 2.28. The van der Waals surface area contributed by atoms with Crippen molar-refractivity contribution in [3.05, 3.63) is 0 Å². The van der Waals surface area contributed by atoms with Crippen molar-refractivity contribution in [2.24, 2.45) is 0 Å². The molecule has 0 aromatic heterocycles. The fraction of sp³-hybridized carbons (Fsp3) is 0.909. The van der Waals surface area contributed by atoms with Crippen LogP contribution in [0.4, 0.5) is 0 Å². The van der Waals surface area contributed by atoms with Crippen LogP contribution in [0.2, 0.25) is 0 Å². The largest absolute Gasteiger partial charge is 0.366 e. The summed E-state index contributed by atoms with van der Waals surface area (Å²) in [5.41, 5.74) is 0. The van der Waals surface area contributed by atoms with Crippen LogP contribution in [0.25, 0.3) is 0 Å². The zero-order valence-corrected chi connectivity index (χ0v) is 17.2. The third kappa shape index (κ3) is 8.77. The lowest BCUT2D eigenvalue weighted by Crippen LogP contribution is -2.66. The Morgan fingerprint density at radius 3 is 1.85 bits per heavy atom. The molecule has 27 heavy (non-hydrogen) atoms. The first-order valence-electron chi connectivity index (χ1n) is 7.20. The first-order chi connectivity index (χ1) is 12.0. The van der Waals surface area contributed by atoms with Gasteiger partial charge in [0.25, 0.3) is 30.4 Å². The van der Waals surface area contributed by atoms with Gasteiger partial charge < -0.3 is 15.2 Å². The molecule has 1 amide bonds. The zero-order valence-electron chi connectivity index (χ0n) is 14.8. The van der Waals surface area contributed by atoms with E-state index in [4.69, 9.17) is 13.1 Å². The van der Waals surface area contributed by atoms with E-state index in [0.29, 0.717) is 18.8 Å². The molecule has 0 spiro atoms. The minimum Gasteiger partial charge on any atom is -0.366 e. The van der Waals surface area contributed by atoms with Crippen LogP contribution in [0.3, 0.4) is 0 Å². The van der Waals surface area contributed by atoms with E-state index >= 15 is 0 Å². The van der Waals surface area contributed by atoms with E-state index in [1.165, 1.54) is 0 Å². The molecule has 0 unspecified atom stereocenters. The summed E-state index contributed by atoms with van der Waals surface area (Å²) in [6.45, 7) is 0.238. The molecule has 0 aliphatic carbocycles. The van der Waals surface area contributed by atoms with Gasteiger partial charge in [-0.3, -0.25) is 17.3 Å². The number of aliphatic hydroxyl groups is 1. The number of hydrogen-bond acceptors (Lipinski definition) is 12. The highest BCUT2D eigenvalue weighted by atomic mass is 32.2. The van der Waals surface area contributed by atoms with Gasteiger partial charge in [-0.2, -0.15) is 25.3 Å². The maximum absolute atomic E-state index is 11.6. The van der Waals surface area contributed by atoms with Crippen LogP contribution in [0.1, 0.15) is 6.92 Å². The molecule has 0 radical (unpaired) electrons. The van der Waals surface area contributed by atoms with Gasteiger partial charge in [-0.1, -0.05) is 0 Å². The minimum atomic E-state index is -4.22. The lowest BCUT2D eigenvalue weighted by atomic mass is 9.97. The van der Waals surface area contributed by atoms with Crippen molar-refractivity contribution in [2.45, 2.75) is 37.6 Å². The molecule has 1 fully saturated rings. The Morgan fingerprint density at radius 2 is 1.44 bits per heavy atom. The van der Waals surface area contributed by atoms with E-state index in [0.717, 1.165) is 6.92 Å². The maximum Gasteiger partial charge on any atom is 0.264 e. The molecular formula is C11H21NO12S3. The van der Waals surface area contributed by atoms with Gasteiger partial charge in [0.05, 0.1) is 25.4 Å². The zero-order chi connectivity index (χ0) is 21.2. The third-order valence-corrected chi connectivity index (χ3v) is 4.76. The second-order valence-electron chi connectivity index (χ2n) is 5.81. The summed E-state index contributed by atoms with van der Waals surface area (Å²) in [5.74, 6) is -0.714. The highest BCUT2D eigenvalue weighted by Gasteiger charge is 2.50. The number of hydrogen-bond donors (Lipinski definition) is 2. The molecule has 0 saturated carbocycles. The van der Waals surface area contributed by atoms with Gasteiger partial charge >= 0.3 is 0 Å². The number of amides is 1. The van der Waals surface area contributed by atoms with Crippen molar-refractivity contribution in [2.75, 3.05) is 25.4 Å². The van der Waals surface area contributed by atoms with Gasteiger partial charge in [0, 0.05) is 6.92 Å². The van der Waals surface area contributed by atoms with Crippen molar-refractivity contribution < 1.29 is 52.4 Å². The summed E-state index contributed by atoms with van der Waals surface area (Å²) in [4.78, 5) is 11.4. The average molecular weight is 455 g/mol. The maximum atomic E-state index is 11.6. The number of ether oxygens (including phenoxy) is 1. The van der Waals surface area contributed by atoms with Crippen molar-refractivity contribution in [1.29, 1.82) is 0 Å². The van der Waals surface area contributed by atoms with Crippen LogP contribution < -0.4 is 5.32 Å². The fourth-order valence-corrected chi connectivity index (χ4v) is 3.92. The summed E-state index contributed by atoms with van der Waals surface area (Å²) >= 11 is 0. The lowest BCUT2D eigenvalue weighted by molar-refractivity contribution is -0.241. The van der Waals surface area contributed by atoms with E-state index < -0.39 is 73.5 Å². The van der Waals surface area contributed by atoms with E-state index in [-0.39, 0.29) is 0 Å². The van der Waals surface area contributed by atoms with Crippen LogP contribution in [-0.4, -0.2) is 92.3 Å². The normalized spacial score (nSPS) is 30.0. The fourth-order valence-electron chi connectivity index (χ4n) is 2.27. The predicted octanol–water partition coefficient (Wildman–Crippen LogP) is -3.13. The first-order valence-corrected chi connectivity index (χ1v) is 12.6. The lowest BCUT2D eigenvalue weighted by Gasteiger charge is -2.43. The van der Waals surface area contributed by atoms with E-state index in [1.54, 1.807) is 0 Å². The van der Waals surface area contributed by atoms with Crippen molar-refractivity contribution in [1.82, 2.24) is 5.32 Å². The molecule has 0 bridgehead atoms. The Labute approximate surface area is 157 Å². The molecule has 1 aliphatic rings. The topological polar surface area (TPSA) is 189 Å².